The van der Waals surface area contributed by atoms with E-state index in [1.165, 1.54) is 0 Å². The largest absolute Gasteiger partial charge is 0.478 e. The summed E-state index contributed by atoms with van der Waals surface area (Å²) in [6.07, 6.45) is 1.33. The lowest BCUT2D eigenvalue weighted by molar-refractivity contribution is -0.134. The first-order valence-corrected chi connectivity index (χ1v) is 5.77. The van der Waals surface area contributed by atoms with E-state index in [1.807, 2.05) is 0 Å². The van der Waals surface area contributed by atoms with Gasteiger partial charge >= 0.3 is 5.97 Å². The highest BCUT2D eigenvalue weighted by Gasteiger charge is 2.35. The Morgan fingerprint density at radius 1 is 1.50 bits per heavy atom. The van der Waals surface area contributed by atoms with Gasteiger partial charge in [0.05, 0.1) is 5.57 Å². The Balaban J connectivity index is 2.52. The molecule has 18 heavy (non-hydrogen) atoms. The number of carbonyl (C=O) groups is 3. The fourth-order valence-corrected chi connectivity index (χ4v) is 2.33. The van der Waals surface area contributed by atoms with Crippen LogP contribution in [-0.2, 0) is 14.4 Å². The van der Waals surface area contributed by atoms with Crippen molar-refractivity contribution in [1.82, 2.24) is 10.6 Å². The van der Waals surface area contributed by atoms with Crippen LogP contribution < -0.4 is 10.6 Å². The predicted molar refractivity (Wildman–Crippen MR) is 62.8 cm³/mol. The second-order valence-electron chi connectivity index (χ2n) is 4.19. The zero-order valence-corrected chi connectivity index (χ0v) is 9.95. The number of Topliss-reactive ketones (excluding diaryl/α,β-unsaturated/α-hetero) is 1. The molecule has 0 aromatic heterocycles. The zero-order chi connectivity index (χ0) is 13.3. The number of carboxylic acids is 1. The second kappa shape index (κ2) is 4.83. The van der Waals surface area contributed by atoms with E-state index in [2.05, 4.69) is 10.6 Å². The molecule has 6 heteroatoms. The maximum absolute atomic E-state index is 11.9. The summed E-state index contributed by atoms with van der Waals surface area (Å²) in [6.45, 7) is 2.83. The molecule has 1 saturated heterocycles. The molecule has 1 aliphatic carbocycles. The minimum atomic E-state index is -1.17. The van der Waals surface area contributed by atoms with E-state index in [4.69, 9.17) is 5.11 Å². The van der Waals surface area contributed by atoms with Crippen molar-refractivity contribution < 1.29 is 19.5 Å². The molecule has 1 aliphatic heterocycles. The van der Waals surface area contributed by atoms with Gasteiger partial charge in [-0.3, -0.25) is 14.9 Å². The average molecular weight is 250 g/mol. The highest BCUT2D eigenvalue weighted by molar-refractivity contribution is 6.49. The lowest BCUT2D eigenvalue weighted by Gasteiger charge is -2.21. The molecule has 1 fully saturated rings. The third-order valence-corrected chi connectivity index (χ3v) is 3.15. The maximum Gasteiger partial charge on any atom is 0.336 e. The molecule has 0 aromatic rings. The van der Waals surface area contributed by atoms with Crippen LogP contribution >= 0.6 is 0 Å². The number of hydrogen-bond donors (Lipinski definition) is 3. The molecule has 1 heterocycles. The average Bonchev–Trinajstić information content (AvgIpc) is 2.84. The predicted octanol–water partition coefficient (Wildman–Crippen LogP) is -0.625. The minimum absolute atomic E-state index is 0.0641. The van der Waals surface area contributed by atoms with Crippen LogP contribution in [0.4, 0.5) is 0 Å². The van der Waals surface area contributed by atoms with Crippen LogP contribution in [0.5, 0.6) is 0 Å². The molecule has 0 spiro atoms. The van der Waals surface area contributed by atoms with Gasteiger partial charge in [0.25, 0.3) is 0 Å². The summed E-state index contributed by atoms with van der Waals surface area (Å²) in [7, 11) is 0. The Bertz CT molecular complexity index is 484. The van der Waals surface area contributed by atoms with Gasteiger partial charge in [-0.2, -0.15) is 0 Å². The number of ketones is 2. The first kappa shape index (κ1) is 12.7. The molecule has 0 bridgehead atoms. The smallest absolute Gasteiger partial charge is 0.336 e. The summed E-state index contributed by atoms with van der Waals surface area (Å²) < 4.78 is 0. The third-order valence-electron chi connectivity index (χ3n) is 3.15. The van der Waals surface area contributed by atoms with E-state index in [-0.39, 0.29) is 11.6 Å². The molecule has 0 radical (unpaired) electrons. The molecule has 6 nitrogen and oxygen atoms in total. The molecular formula is C12H14N2O4. The number of rotatable bonds is 3. The quantitative estimate of drug-likeness (QED) is 0.456. The molecule has 0 saturated carbocycles. The highest BCUT2D eigenvalue weighted by Crippen LogP contribution is 2.27. The Hall–Kier alpha value is -1.79. The van der Waals surface area contributed by atoms with Crippen LogP contribution in [0.1, 0.15) is 13.3 Å². The van der Waals surface area contributed by atoms with E-state index in [9.17, 15) is 14.4 Å². The Kier molecular flexibility index (Phi) is 3.40. The number of carbonyl (C=O) groups excluding carboxylic acids is 2. The summed E-state index contributed by atoms with van der Waals surface area (Å²) in [5.74, 6) is -2.53. The van der Waals surface area contributed by atoms with Crippen molar-refractivity contribution in [3.63, 3.8) is 0 Å². The number of nitrogens with one attached hydrogen (secondary N) is 2. The normalized spacial score (nSPS) is 24.5. The lowest BCUT2D eigenvalue weighted by atomic mass is 9.84. The van der Waals surface area contributed by atoms with Gasteiger partial charge in [-0.15, -0.1) is 0 Å². The number of aliphatic carboxylic acids is 1. The monoisotopic (exact) mass is 250 g/mol. The highest BCUT2D eigenvalue weighted by atomic mass is 16.4. The van der Waals surface area contributed by atoms with Crippen molar-refractivity contribution in [3.05, 3.63) is 22.8 Å². The number of carboxylic acid groups (broad SMARTS) is 1. The number of hydrogen-bond acceptors (Lipinski definition) is 5. The van der Waals surface area contributed by atoms with Crippen molar-refractivity contribution >= 4 is 17.5 Å². The van der Waals surface area contributed by atoms with Gasteiger partial charge in [0.2, 0.25) is 11.6 Å². The molecule has 0 aromatic carbocycles. The van der Waals surface area contributed by atoms with E-state index >= 15 is 0 Å². The third kappa shape index (κ3) is 2.00. The van der Waals surface area contributed by atoms with E-state index in [0.29, 0.717) is 30.8 Å². The van der Waals surface area contributed by atoms with Crippen molar-refractivity contribution in [2.45, 2.75) is 19.4 Å². The topological polar surface area (TPSA) is 95.5 Å². The second-order valence-corrected chi connectivity index (χ2v) is 4.19. The van der Waals surface area contributed by atoms with Gasteiger partial charge in [0.15, 0.2) is 0 Å². The van der Waals surface area contributed by atoms with Gasteiger partial charge in [-0.05, 0) is 12.0 Å². The van der Waals surface area contributed by atoms with Crippen molar-refractivity contribution in [2.24, 2.45) is 0 Å². The summed E-state index contributed by atoms with van der Waals surface area (Å²) >= 11 is 0. The number of allylic oxidation sites excluding steroid dienone is 1. The van der Waals surface area contributed by atoms with Crippen LogP contribution in [0.2, 0.25) is 0 Å². The fourth-order valence-electron chi connectivity index (χ4n) is 2.33. The molecule has 2 rings (SSSR count). The Labute approximate surface area is 104 Å². The fraction of sp³-hybridized carbons (Fsp3) is 0.417. The lowest BCUT2D eigenvalue weighted by Crippen LogP contribution is -2.36. The molecule has 3 N–H and O–H groups in total. The standard InChI is InChI=1S/C12H14N2O4/c1-2-6-7(12(17)18)3-9(15)11(16)10(6)8-4-13-5-14-8/h3,8,13-14H,2,4-5H2,1H3,(H,17,18). The van der Waals surface area contributed by atoms with Gasteiger partial charge in [0.1, 0.15) is 0 Å². The maximum atomic E-state index is 11.9. The Morgan fingerprint density at radius 3 is 2.72 bits per heavy atom. The minimum Gasteiger partial charge on any atom is -0.478 e. The molecular weight excluding hydrogens is 236 g/mol. The van der Waals surface area contributed by atoms with Gasteiger partial charge in [0, 0.05) is 30.9 Å². The van der Waals surface area contributed by atoms with Crippen molar-refractivity contribution in [2.75, 3.05) is 13.2 Å². The van der Waals surface area contributed by atoms with Crippen molar-refractivity contribution in [1.29, 1.82) is 0 Å². The first-order chi connectivity index (χ1) is 8.56. The molecule has 1 unspecified atom stereocenters. The SMILES string of the molecule is CCC1=C(C2CNCN2)C(=O)C(=O)C=C1C(=O)O. The van der Waals surface area contributed by atoms with E-state index in [1.54, 1.807) is 6.92 Å². The summed E-state index contributed by atoms with van der Waals surface area (Å²) in [4.78, 5) is 34.6. The van der Waals surface area contributed by atoms with Crippen LogP contribution in [0, 0.1) is 0 Å². The van der Waals surface area contributed by atoms with Crippen LogP contribution in [0.25, 0.3) is 0 Å². The van der Waals surface area contributed by atoms with Gasteiger partial charge < -0.3 is 10.4 Å². The van der Waals surface area contributed by atoms with Crippen LogP contribution in [0.3, 0.4) is 0 Å². The van der Waals surface area contributed by atoms with E-state index < -0.39 is 17.5 Å². The molecule has 96 valence electrons. The van der Waals surface area contributed by atoms with Gasteiger partial charge in [-0.1, -0.05) is 6.92 Å². The molecule has 0 amide bonds. The van der Waals surface area contributed by atoms with Crippen LogP contribution in [-0.4, -0.2) is 41.9 Å². The summed E-state index contributed by atoms with van der Waals surface area (Å²) in [5.41, 5.74) is 0.687. The Morgan fingerprint density at radius 2 is 2.22 bits per heavy atom. The summed E-state index contributed by atoms with van der Waals surface area (Å²) in [6, 6.07) is -0.292. The van der Waals surface area contributed by atoms with Crippen LogP contribution in [0.15, 0.2) is 22.8 Å². The first-order valence-electron chi connectivity index (χ1n) is 5.77. The van der Waals surface area contributed by atoms with Gasteiger partial charge in [-0.25, -0.2) is 4.79 Å². The van der Waals surface area contributed by atoms with E-state index in [0.717, 1.165) is 6.08 Å². The molecule has 1 atom stereocenters. The summed E-state index contributed by atoms with van der Waals surface area (Å²) in [5, 5.41) is 15.2. The van der Waals surface area contributed by atoms with Crippen molar-refractivity contribution in [3.8, 4) is 0 Å². The molecule has 2 aliphatic rings. The zero-order valence-electron chi connectivity index (χ0n) is 9.95.